The topological polar surface area (TPSA) is 43.7 Å². The third-order valence-electron chi connectivity index (χ3n) is 6.15. The number of carbonyl (C=O) groups excluding carboxylic acids is 1. The minimum absolute atomic E-state index is 0.0774. The Labute approximate surface area is 190 Å². The zero-order chi connectivity index (χ0) is 21.7. The second-order valence-electron chi connectivity index (χ2n) is 8.23. The fourth-order valence-electron chi connectivity index (χ4n) is 4.50. The average molecular weight is 443 g/mol. The zero-order valence-electron chi connectivity index (χ0n) is 17.7. The second-order valence-corrected chi connectivity index (χ2v) is 9.26. The van der Waals surface area contributed by atoms with Gasteiger partial charge in [-0.2, -0.15) is 0 Å². The molecule has 0 fully saturated rings. The molecule has 160 valence electrons. The van der Waals surface area contributed by atoms with E-state index in [-0.39, 0.29) is 5.78 Å². The van der Waals surface area contributed by atoms with Crippen molar-refractivity contribution in [3.8, 4) is 11.5 Å². The summed E-state index contributed by atoms with van der Waals surface area (Å²) in [6.45, 7) is 2.15. The Morgan fingerprint density at radius 2 is 2.03 bits per heavy atom. The van der Waals surface area contributed by atoms with Crippen molar-refractivity contribution < 1.29 is 14.3 Å². The van der Waals surface area contributed by atoms with E-state index in [0.717, 1.165) is 40.7 Å². The number of ether oxygens (including phenoxy) is 2. The van der Waals surface area contributed by atoms with Gasteiger partial charge < -0.3 is 14.0 Å². The highest BCUT2D eigenvalue weighted by Crippen LogP contribution is 2.42. The van der Waals surface area contributed by atoms with Crippen LogP contribution in [-0.2, 0) is 20.0 Å². The molecular weight excluding hydrogens is 420 g/mol. The number of para-hydroxylation sites is 1. The molecule has 6 heteroatoms. The number of allylic oxidation sites excluding steroid dienone is 1. The van der Waals surface area contributed by atoms with E-state index in [9.17, 15) is 4.79 Å². The molecule has 0 radical (unpaired) electrons. The van der Waals surface area contributed by atoms with Crippen molar-refractivity contribution in [1.29, 1.82) is 0 Å². The van der Waals surface area contributed by atoms with Crippen molar-refractivity contribution in [2.45, 2.75) is 13.0 Å². The highest BCUT2D eigenvalue weighted by molar-refractivity contribution is 7.09. The monoisotopic (exact) mass is 442 g/mol. The molecule has 0 aliphatic carbocycles. The number of carbonyl (C=O) groups is 1. The van der Waals surface area contributed by atoms with Crippen molar-refractivity contribution >= 4 is 34.1 Å². The molecule has 0 saturated carbocycles. The molecule has 0 amide bonds. The Balaban J connectivity index is 1.30. The molecule has 2 aromatic carbocycles. The summed E-state index contributed by atoms with van der Waals surface area (Å²) in [7, 11) is 2.01. The molecule has 32 heavy (non-hydrogen) atoms. The SMILES string of the molecule is Cn1cc(/C=C2\Oc3c(ccc4c3CN(CCc3cccs3)CO4)C2=O)c2ccccc21. The number of benzene rings is 2. The first-order valence-electron chi connectivity index (χ1n) is 10.7. The van der Waals surface area contributed by atoms with E-state index in [1.165, 1.54) is 4.88 Å². The lowest BCUT2D eigenvalue weighted by Crippen LogP contribution is -2.33. The lowest BCUT2D eigenvalue weighted by molar-refractivity contribution is 0.0951. The molecule has 4 heterocycles. The smallest absolute Gasteiger partial charge is 0.231 e. The van der Waals surface area contributed by atoms with Crippen LogP contribution in [0.3, 0.4) is 0 Å². The molecule has 4 aromatic rings. The van der Waals surface area contributed by atoms with Crippen LogP contribution < -0.4 is 9.47 Å². The molecule has 2 aromatic heterocycles. The number of aryl methyl sites for hydroxylation is 1. The lowest BCUT2D eigenvalue weighted by atomic mass is 10.0. The summed E-state index contributed by atoms with van der Waals surface area (Å²) in [5.74, 6) is 1.72. The van der Waals surface area contributed by atoms with Crippen LogP contribution in [-0.4, -0.2) is 28.5 Å². The minimum Gasteiger partial charge on any atom is -0.478 e. The zero-order valence-corrected chi connectivity index (χ0v) is 18.5. The van der Waals surface area contributed by atoms with E-state index in [1.54, 1.807) is 11.3 Å². The third-order valence-corrected chi connectivity index (χ3v) is 7.09. The summed E-state index contributed by atoms with van der Waals surface area (Å²) < 4.78 is 14.2. The largest absolute Gasteiger partial charge is 0.478 e. The van der Waals surface area contributed by atoms with E-state index in [2.05, 4.69) is 39.1 Å². The Kier molecular flexibility index (Phi) is 4.63. The molecule has 0 unspecified atom stereocenters. The summed E-state index contributed by atoms with van der Waals surface area (Å²) in [6, 6.07) is 16.1. The number of hydrogen-bond donors (Lipinski definition) is 0. The second kappa shape index (κ2) is 7.65. The normalized spacial score (nSPS) is 16.8. The molecule has 6 rings (SSSR count). The van der Waals surface area contributed by atoms with E-state index in [1.807, 2.05) is 43.6 Å². The number of nitrogens with zero attached hydrogens (tertiary/aromatic N) is 2. The summed E-state index contributed by atoms with van der Waals surface area (Å²) in [6.07, 6.45) is 4.87. The predicted octanol–water partition coefficient (Wildman–Crippen LogP) is 5.25. The highest BCUT2D eigenvalue weighted by atomic mass is 32.1. The standard InChI is InChI=1S/C26H22N2O3S/c1-27-14-17(19-6-2-3-7-22(19)27)13-24-25(29)20-8-9-23-21(26(20)31-24)15-28(16-30-23)11-10-18-5-4-12-32-18/h2-9,12-14H,10-11,15-16H2,1H3/b24-13-. The molecule has 5 nitrogen and oxygen atoms in total. The van der Waals surface area contributed by atoms with Crippen LogP contribution in [0.4, 0.5) is 0 Å². The maximum absolute atomic E-state index is 13.1. The van der Waals surface area contributed by atoms with Gasteiger partial charge in [0.2, 0.25) is 5.78 Å². The fraction of sp³-hybridized carbons (Fsp3) is 0.192. The summed E-state index contributed by atoms with van der Waals surface area (Å²) in [5.41, 5.74) is 3.66. The van der Waals surface area contributed by atoms with Crippen LogP contribution in [0.2, 0.25) is 0 Å². The van der Waals surface area contributed by atoms with Gasteiger partial charge in [0.05, 0.1) is 11.1 Å². The van der Waals surface area contributed by atoms with Crippen LogP contribution in [0.25, 0.3) is 17.0 Å². The number of rotatable bonds is 4. The van der Waals surface area contributed by atoms with Gasteiger partial charge >= 0.3 is 0 Å². The minimum atomic E-state index is -0.0774. The van der Waals surface area contributed by atoms with Gasteiger partial charge in [0.25, 0.3) is 0 Å². The summed E-state index contributed by atoms with van der Waals surface area (Å²) in [4.78, 5) is 16.8. The van der Waals surface area contributed by atoms with Crippen molar-refractivity contribution in [2.75, 3.05) is 13.3 Å². The average Bonchev–Trinajstić information content (AvgIpc) is 3.52. The number of ketones is 1. The van der Waals surface area contributed by atoms with Gasteiger partial charge in [0.15, 0.2) is 5.76 Å². The molecule has 0 N–H and O–H groups in total. The fourth-order valence-corrected chi connectivity index (χ4v) is 5.20. The number of thiophene rings is 1. The first-order chi connectivity index (χ1) is 15.7. The Bertz CT molecular complexity index is 1370. The summed E-state index contributed by atoms with van der Waals surface area (Å²) >= 11 is 1.78. The molecule has 0 atom stereocenters. The van der Waals surface area contributed by atoms with Crippen molar-refractivity contribution in [2.24, 2.45) is 7.05 Å². The van der Waals surface area contributed by atoms with E-state index < -0.39 is 0 Å². The van der Waals surface area contributed by atoms with Gasteiger partial charge in [-0.05, 0) is 42.1 Å². The molecule has 0 bridgehead atoms. The Morgan fingerprint density at radius 3 is 2.91 bits per heavy atom. The summed E-state index contributed by atoms with van der Waals surface area (Å²) in [5, 5.41) is 3.20. The van der Waals surface area contributed by atoms with Crippen LogP contribution >= 0.6 is 11.3 Å². The highest BCUT2D eigenvalue weighted by Gasteiger charge is 2.33. The van der Waals surface area contributed by atoms with Gasteiger partial charge in [-0.25, -0.2) is 0 Å². The van der Waals surface area contributed by atoms with Crippen LogP contribution in [0.15, 0.2) is 65.9 Å². The molecule has 0 saturated heterocycles. The van der Waals surface area contributed by atoms with Gasteiger partial charge in [0.1, 0.15) is 18.2 Å². The van der Waals surface area contributed by atoms with Crippen LogP contribution in [0, 0.1) is 0 Å². The number of fused-ring (bicyclic) bond motifs is 4. The Hall–Kier alpha value is -3.35. The molecule has 2 aliphatic rings. The van der Waals surface area contributed by atoms with Gasteiger partial charge in [0, 0.05) is 47.7 Å². The van der Waals surface area contributed by atoms with E-state index >= 15 is 0 Å². The number of hydrogen-bond acceptors (Lipinski definition) is 5. The van der Waals surface area contributed by atoms with Crippen LogP contribution in [0.1, 0.15) is 26.4 Å². The molecule has 2 aliphatic heterocycles. The number of Topliss-reactive ketones (excluding diaryl/α,β-unsaturated/α-hetero) is 1. The van der Waals surface area contributed by atoms with Gasteiger partial charge in [-0.3, -0.25) is 9.69 Å². The van der Waals surface area contributed by atoms with Gasteiger partial charge in [-0.15, -0.1) is 11.3 Å². The third kappa shape index (κ3) is 3.23. The van der Waals surface area contributed by atoms with Crippen molar-refractivity contribution in [3.63, 3.8) is 0 Å². The number of aromatic nitrogens is 1. The maximum Gasteiger partial charge on any atom is 0.231 e. The molecular formula is C26H22N2O3S. The van der Waals surface area contributed by atoms with Crippen molar-refractivity contribution in [3.05, 3.63) is 87.4 Å². The lowest BCUT2D eigenvalue weighted by Gasteiger charge is -2.29. The van der Waals surface area contributed by atoms with Crippen molar-refractivity contribution in [1.82, 2.24) is 9.47 Å². The predicted molar refractivity (Wildman–Crippen MR) is 126 cm³/mol. The van der Waals surface area contributed by atoms with E-state index in [0.29, 0.717) is 30.3 Å². The van der Waals surface area contributed by atoms with E-state index in [4.69, 9.17) is 9.47 Å². The Morgan fingerprint density at radius 1 is 1.12 bits per heavy atom. The van der Waals surface area contributed by atoms with Crippen LogP contribution in [0.5, 0.6) is 11.5 Å². The first-order valence-corrected chi connectivity index (χ1v) is 11.6. The molecule has 0 spiro atoms. The first kappa shape index (κ1) is 19.3. The maximum atomic E-state index is 13.1. The van der Waals surface area contributed by atoms with Gasteiger partial charge in [-0.1, -0.05) is 24.3 Å². The quantitative estimate of drug-likeness (QED) is 0.405.